The minimum absolute atomic E-state index is 0.0312. The first-order valence-electron chi connectivity index (χ1n) is 5.62. The molecule has 0 unspecified atom stereocenters. The van der Waals surface area contributed by atoms with Crippen LogP contribution in [0.1, 0.15) is 21.7 Å². The number of alkyl halides is 3. The Morgan fingerprint density at radius 3 is 2.33 bits per heavy atom. The van der Waals surface area contributed by atoms with Crippen LogP contribution in [0.3, 0.4) is 0 Å². The number of hydrogen-bond donors (Lipinski definition) is 2. The van der Waals surface area contributed by atoms with Crippen LogP contribution in [-0.2, 0) is 12.7 Å². The molecule has 112 valence electrons. The molecular weight excluding hydrogens is 330 g/mol. The number of imidazole rings is 1. The lowest BCUT2D eigenvalue weighted by Crippen LogP contribution is -2.24. The van der Waals surface area contributed by atoms with Gasteiger partial charge in [0.25, 0.3) is 5.91 Å². The fourth-order valence-electron chi connectivity index (χ4n) is 1.52. The molecule has 0 aliphatic carbocycles. The van der Waals surface area contributed by atoms with Gasteiger partial charge in [0.05, 0.1) is 5.56 Å². The van der Waals surface area contributed by atoms with Crippen LogP contribution in [0.2, 0.25) is 10.3 Å². The van der Waals surface area contributed by atoms with Gasteiger partial charge in [0, 0.05) is 6.54 Å². The third-order valence-corrected chi connectivity index (χ3v) is 3.21. The number of carbonyl (C=O) groups is 1. The largest absolute Gasteiger partial charge is 0.416 e. The van der Waals surface area contributed by atoms with E-state index in [2.05, 4.69) is 15.3 Å². The number of aromatic amines is 1. The topological polar surface area (TPSA) is 57.8 Å². The van der Waals surface area contributed by atoms with Crippen LogP contribution >= 0.6 is 23.2 Å². The molecule has 1 aromatic heterocycles. The zero-order valence-corrected chi connectivity index (χ0v) is 11.8. The summed E-state index contributed by atoms with van der Waals surface area (Å²) in [6.07, 6.45) is -4.39. The van der Waals surface area contributed by atoms with E-state index in [0.717, 1.165) is 12.1 Å². The Kier molecular flexibility index (Phi) is 4.43. The molecule has 1 heterocycles. The first-order valence-corrected chi connectivity index (χ1v) is 6.38. The molecule has 2 aromatic rings. The molecule has 0 saturated heterocycles. The van der Waals surface area contributed by atoms with E-state index in [4.69, 9.17) is 23.2 Å². The quantitative estimate of drug-likeness (QED) is 0.897. The van der Waals surface area contributed by atoms with Crippen LogP contribution in [0.25, 0.3) is 0 Å². The normalized spacial score (nSPS) is 11.5. The Bertz CT molecular complexity index is 633. The lowest BCUT2D eigenvalue weighted by Gasteiger charge is -2.08. The van der Waals surface area contributed by atoms with Crippen LogP contribution < -0.4 is 5.32 Å². The minimum atomic E-state index is -4.39. The van der Waals surface area contributed by atoms with Gasteiger partial charge in [-0.25, -0.2) is 4.98 Å². The summed E-state index contributed by atoms with van der Waals surface area (Å²) in [5.41, 5.74) is -0.234. The smallest absolute Gasteiger partial charge is 0.345 e. The second-order valence-corrected chi connectivity index (χ2v) is 4.80. The molecule has 9 heteroatoms. The predicted molar refractivity (Wildman–Crippen MR) is 71.2 cm³/mol. The summed E-state index contributed by atoms with van der Waals surface area (Å²) in [5.74, 6) is -0.638. The number of nitrogens with one attached hydrogen (secondary N) is 2. The molecule has 1 amide bonds. The maximum absolute atomic E-state index is 12.4. The first kappa shape index (κ1) is 15.7. The van der Waals surface area contributed by atoms with Crippen molar-refractivity contribution in [3.05, 3.63) is 51.5 Å². The summed E-state index contributed by atoms with van der Waals surface area (Å²) in [5, 5.41) is 2.49. The van der Waals surface area contributed by atoms with Crippen molar-refractivity contribution in [2.75, 3.05) is 0 Å². The number of halogens is 5. The number of hydrogen-bond acceptors (Lipinski definition) is 2. The second-order valence-electron chi connectivity index (χ2n) is 4.07. The molecule has 0 radical (unpaired) electrons. The molecule has 0 aliphatic heterocycles. The van der Waals surface area contributed by atoms with E-state index in [9.17, 15) is 18.0 Å². The van der Waals surface area contributed by atoms with Crippen molar-refractivity contribution in [1.82, 2.24) is 15.3 Å². The molecule has 0 atom stereocenters. The van der Waals surface area contributed by atoms with Crippen molar-refractivity contribution in [3.63, 3.8) is 0 Å². The van der Waals surface area contributed by atoms with Crippen molar-refractivity contribution >= 4 is 29.1 Å². The van der Waals surface area contributed by atoms with E-state index in [1.807, 2.05) is 0 Å². The molecule has 4 nitrogen and oxygen atoms in total. The number of amides is 1. The molecule has 0 spiro atoms. The molecular formula is C12H8Cl2F3N3O. The zero-order chi connectivity index (χ0) is 15.6. The molecule has 2 N–H and O–H groups in total. The van der Waals surface area contributed by atoms with Gasteiger partial charge in [0.2, 0.25) is 0 Å². The number of benzene rings is 1. The highest BCUT2D eigenvalue weighted by Crippen LogP contribution is 2.29. The van der Waals surface area contributed by atoms with Crippen molar-refractivity contribution in [3.8, 4) is 0 Å². The van der Waals surface area contributed by atoms with Gasteiger partial charge < -0.3 is 10.3 Å². The summed E-state index contributed by atoms with van der Waals surface area (Å²) < 4.78 is 37.2. The SMILES string of the molecule is O=C(NCc1ccc(C(F)(F)F)cc1)c1nc(Cl)c(Cl)[nH]1. The summed E-state index contributed by atoms with van der Waals surface area (Å²) in [7, 11) is 0. The van der Waals surface area contributed by atoms with E-state index in [0.29, 0.717) is 5.56 Å². The van der Waals surface area contributed by atoms with Crippen molar-refractivity contribution in [2.24, 2.45) is 0 Å². The molecule has 0 saturated carbocycles. The molecule has 0 bridgehead atoms. The van der Waals surface area contributed by atoms with Gasteiger partial charge in [0.1, 0.15) is 5.15 Å². The number of nitrogens with zero attached hydrogens (tertiary/aromatic N) is 1. The highest BCUT2D eigenvalue weighted by molar-refractivity contribution is 6.40. The van der Waals surface area contributed by atoms with Gasteiger partial charge in [-0.2, -0.15) is 13.2 Å². The monoisotopic (exact) mass is 337 g/mol. The third-order valence-electron chi connectivity index (χ3n) is 2.57. The van der Waals surface area contributed by atoms with Gasteiger partial charge in [-0.3, -0.25) is 4.79 Å². The Labute approximate surface area is 127 Å². The first-order chi connectivity index (χ1) is 9.77. The van der Waals surface area contributed by atoms with Gasteiger partial charge in [-0.15, -0.1) is 0 Å². The average Bonchev–Trinajstić information content (AvgIpc) is 2.75. The van der Waals surface area contributed by atoms with Crippen molar-refractivity contribution < 1.29 is 18.0 Å². The van der Waals surface area contributed by atoms with Crippen LogP contribution in [0.15, 0.2) is 24.3 Å². The van der Waals surface area contributed by atoms with E-state index in [1.54, 1.807) is 0 Å². The van der Waals surface area contributed by atoms with Crippen molar-refractivity contribution in [2.45, 2.75) is 12.7 Å². The van der Waals surface area contributed by atoms with Crippen molar-refractivity contribution in [1.29, 1.82) is 0 Å². The second kappa shape index (κ2) is 5.95. The van der Waals surface area contributed by atoms with E-state index < -0.39 is 17.6 Å². The highest BCUT2D eigenvalue weighted by Gasteiger charge is 2.29. The van der Waals surface area contributed by atoms with E-state index in [1.165, 1.54) is 12.1 Å². The van der Waals surface area contributed by atoms with E-state index in [-0.39, 0.29) is 22.7 Å². The van der Waals surface area contributed by atoms with E-state index >= 15 is 0 Å². The molecule has 0 fully saturated rings. The molecule has 0 aliphatic rings. The lowest BCUT2D eigenvalue weighted by molar-refractivity contribution is -0.137. The lowest BCUT2D eigenvalue weighted by atomic mass is 10.1. The van der Waals surface area contributed by atoms with Crippen LogP contribution in [0, 0.1) is 0 Å². The van der Waals surface area contributed by atoms with Crippen LogP contribution in [0.4, 0.5) is 13.2 Å². The van der Waals surface area contributed by atoms with Crippen LogP contribution in [0.5, 0.6) is 0 Å². The molecule has 2 rings (SSSR count). The average molecular weight is 338 g/mol. The summed E-state index contributed by atoms with van der Waals surface area (Å²) in [4.78, 5) is 17.9. The van der Waals surface area contributed by atoms with Crippen LogP contribution in [-0.4, -0.2) is 15.9 Å². The Hall–Kier alpha value is -1.73. The number of aromatic nitrogens is 2. The summed E-state index contributed by atoms with van der Waals surface area (Å²) >= 11 is 11.2. The minimum Gasteiger partial charge on any atom is -0.345 e. The van der Waals surface area contributed by atoms with Gasteiger partial charge in [0.15, 0.2) is 11.0 Å². The number of H-pyrrole nitrogens is 1. The fraction of sp³-hybridized carbons (Fsp3) is 0.167. The Morgan fingerprint density at radius 2 is 1.86 bits per heavy atom. The van der Waals surface area contributed by atoms with Gasteiger partial charge >= 0.3 is 6.18 Å². The Balaban J connectivity index is 1.98. The number of rotatable bonds is 3. The fourth-order valence-corrected chi connectivity index (χ4v) is 1.78. The summed E-state index contributed by atoms with van der Waals surface area (Å²) in [6, 6.07) is 4.46. The highest BCUT2D eigenvalue weighted by atomic mass is 35.5. The zero-order valence-electron chi connectivity index (χ0n) is 10.3. The standard InChI is InChI=1S/C12H8Cl2F3N3O/c13-8-9(14)20-10(19-8)11(21)18-5-6-1-3-7(4-2-6)12(15,16)17/h1-4H,5H2,(H,18,21)(H,19,20). The molecule has 21 heavy (non-hydrogen) atoms. The van der Waals surface area contributed by atoms with Gasteiger partial charge in [-0.05, 0) is 17.7 Å². The Morgan fingerprint density at radius 1 is 1.24 bits per heavy atom. The third kappa shape index (κ3) is 3.89. The maximum atomic E-state index is 12.4. The predicted octanol–water partition coefficient (Wildman–Crippen LogP) is 3.67. The maximum Gasteiger partial charge on any atom is 0.416 e. The molecule has 1 aromatic carbocycles. The summed E-state index contributed by atoms with van der Waals surface area (Å²) in [6.45, 7) is 0.0485. The van der Waals surface area contributed by atoms with Gasteiger partial charge in [-0.1, -0.05) is 35.3 Å². The number of carbonyl (C=O) groups excluding carboxylic acids is 1.